The Morgan fingerprint density at radius 2 is 1.73 bits per heavy atom. The van der Waals surface area contributed by atoms with Gasteiger partial charge in [0.05, 0.1) is 31.7 Å². The number of fused-ring (bicyclic) bond motifs is 1. The topological polar surface area (TPSA) is 104 Å². The van der Waals surface area contributed by atoms with Gasteiger partial charge in [0.15, 0.2) is 29.6 Å². The third-order valence-electron chi connectivity index (χ3n) is 5.49. The second-order valence-electron chi connectivity index (χ2n) is 7.52. The van der Waals surface area contributed by atoms with E-state index in [9.17, 15) is 14.4 Å². The van der Waals surface area contributed by atoms with E-state index in [1.807, 2.05) is 12.1 Å². The van der Waals surface area contributed by atoms with Crippen molar-refractivity contribution >= 4 is 23.3 Å². The van der Waals surface area contributed by atoms with Crippen LogP contribution in [0.3, 0.4) is 0 Å². The number of ketones is 1. The molecule has 0 radical (unpaired) electrons. The molecule has 1 amide bonds. The standard InChI is InChI=1S/C25H23NO7/c1-30-22-12-18(19(13-23(22)31-2)26-24(28)21-7-4-10-32-21)25(29)33-14-20(27)17-9-8-15-5-3-6-16(15)11-17/h4,7-13H,3,5-6,14H2,1-2H3,(H,26,28). The van der Waals surface area contributed by atoms with Crippen molar-refractivity contribution in [1.29, 1.82) is 0 Å². The molecule has 0 fully saturated rings. The molecule has 4 rings (SSSR count). The number of hydrogen-bond donors (Lipinski definition) is 1. The number of amides is 1. The molecule has 1 aromatic heterocycles. The summed E-state index contributed by atoms with van der Waals surface area (Å²) in [5, 5.41) is 2.61. The number of methoxy groups -OCH3 is 2. The van der Waals surface area contributed by atoms with Gasteiger partial charge >= 0.3 is 5.97 Å². The Bertz CT molecular complexity index is 1200. The maximum absolute atomic E-state index is 12.9. The summed E-state index contributed by atoms with van der Waals surface area (Å²) in [6, 6.07) is 11.5. The van der Waals surface area contributed by atoms with Crippen molar-refractivity contribution < 1.29 is 33.0 Å². The molecular formula is C25H23NO7. The molecule has 0 bridgehead atoms. The molecule has 0 saturated carbocycles. The van der Waals surface area contributed by atoms with Crippen molar-refractivity contribution in [3.05, 3.63) is 76.7 Å². The van der Waals surface area contributed by atoms with Crippen LogP contribution in [0.5, 0.6) is 11.5 Å². The molecule has 1 heterocycles. The number of carbonyl (C=O) groups excluding carboxylic acids is 3. The number of Topliss-reactive ketones (excluding diaryl/α,β-unsaturated/α-hetero) is 1. The SMILES string of the molecule is COc1cc(NC(=O)c2ccco2)c(C(=O)OCC(=O)c2ccc3c(c2)CCC3)cc1OC. The molecule has 8 nitrogen and oxygen atoms in total. The van der Waals surface area contributed by atoms with Crippen LogP contribution < -0.4 is 14.8 Å². The van der Waals surface area contributed by atoms with Gasteiger partial charge in [0, 0.05) is 17.7 Å². The maximum atomic E-state index is 12.9. The number of nitrogens with one attached hydrogen (secondary N) is 1. The van der Waals surface area contributed by atoms with E-state index < -0.39 is 18.5 Å². The molecule has 33 heavy (non-hydrogen) atoms. The van der Waals surface area contributed by atoms with Crippen molar-refractivity contribution in [2.75, 3.05) is 26.1 Å². The summed E-state index contributed by atoms with van der Waals surface area (Å²) in [6.07, 6.45) is 4.41. The Kier molecular flexibility index (Phi) is 6.44. The lowest BCUT2D eigenvalue weighted by molar-refractivity contribution is 0.0475. The minimum absolute atomic E-state index is 0.00862. The molecule has 170 valence electrons. The van der Waals surface area contributed by atoms with Crippen LogP contribution in [0.15, 0.2) is 53.1 Å². The quantitative estimate of drug-likeness (QED) is 0.408. The van der Waals surface area contributed by atoms with Crippen LogP contribution in [0.4, 0.5) is 5.69 Å². The second-order valence-corrected chi connectivity index (χ2v) is 7.52. The monoisotopic (exact) mass is 449 g/mol. The Morgan fingerprint density at radius 1 is 0.970 bits per heavy atom. The zero-order valence-corrected chi connectivity index (χ0v) is 18.3. The fraction of sp³-hybridized carbons (Fsp3) is 0.240. The van der Waals surface area contributed by atoms with Gasteiger partial charge in [-0.3, -0.25) is 9.59 Å². The average Bonchev–Trinajstić information content (AvgIpc) is 3.53. The number of benzene rings is 2. The lowest BCUT2D eigenvalue weighted by atomic mass is 10.0. The van der Waals surface area contributed by atoms with Gasteiger partial charge < -0.3 is 23.9 Å². The molecule has 1 N–H and O–H groups in total. The summed E-state index contributed by atoms with van der Waals surface area (Å²) in [6.45, 7) is -0.433. The number of esters is 1. The number of carbonyl (C=O) groups is 3. The van der Waals surface area contributed by atoms with Crippen LogP contribution in [0.1, 0.15) is 48.8 Å². The number of ether oxygens (including phenoxy) is 3. The van der Waals surface area contributed by atoms with Gasteiger partial charge in [0.2, 0.25) is 0 Å². The first-order chi connectivity index (χ1) is 16.0. The van der Waals surface area contributed by atoms with Crippen LogP contribution >= 0.6 is 0 Å². The first-order valence-electron chi connectivity index (χ1n) is 10.4. The van der Waals surface area contributed by atoms with E-state index in [4.69, 9.17) is 18.6 Å². The molecular weight excluding hydrogens is 426 g/mol. The number of anilines is 1. The highest BCUT2D eigenvalue weighted by Crippen LogP contribution is 2.34. The van der Waals surface area contributed by atoms with Crippen LogP contribution in [0, 0.1) is 0 Å². The van der Waals surface area contributed by atoms with Crippen molar-refractivity contribution in [2.24, 2.45) is 0 Å². The van der Waals surface area contributed by atoms with Gasteiger partial charge in [-0.25, -0.2) is 4.79 Å². The predicted molar refractivity (Wildman–Crippen MR) is 119 cm³/mol. The highest BCUT2D eigenvalue weighted by atomic mass is 16.5. The molecule has 0 aliphatic heterocycles. The molecule has 8 heteroatoms. The molecule has 1 aliphatic rings. The Hall–Kier alpha value is -4.07. The van der Waals surface area contributed by atoms with E-state index in [1.54, 1.807) is 12.1 Å². The number of rotatable bonds is 8. The smallest absolute Gasteiger partial charge is 0.340 e. The molecule has 0 unspecified atom stereocenters. The van der Waals surface area contributed by atoms with Gasteiger partial charge in [-0.1, -0.05) is 12.1 Å². The zero-order valence-electron chi connectivity index (χ0n) is 18.3. The van der Waals surface area contributed by atoms with E-state index in [0.717, 1.165) is 24.8 Å². The minimum atomic E-state index is -0.791. The third kappa shape index (κ3) is 4.74. The van der Waals surface area contributed by atoms with E-state index >= 15 is 0 Å². The van der Waals surface area contributed by atoms with Crippen LogP contribution in [0.25, 0.3) is 0 Å². The highest BCUT2D eigenvalue weighted by molar-refractivity contribution is 6.08. The summed E-state index contributed by atoms with van der Waals surface area (Å²) >= 11 is 0. The fourth-order valence-corrected chi connectivity index (χ4v) is 3.78. The molecule has 2 aromatic carbocycles. The van der Waals surface area contributed by atoms with Crippen molar-refractivity contribution in [1.82, 2.24) is 0 Å². The second kappa shape index (κ2) is 9.60. The largest absolute Gasteiger partial charge is 0.493 e. The Balaban J connectivity index is 1.53. The van der Waals surface area contributed by atoms with Gasteiger partial charge in [-0.2, -0.15) is 0 Å². The van der Waals surface area contributed by atoms with E-state index in [-0.39, 0.29) is 28.5 Å². The first kappa shape index (κ1) is 22.1. The summed E-state index contributed by atoms with van der Waals surface area (Å²) < 4.78 is 20.9. The van der Waals surface area contributed by atoms with Crippen molar-refractivity contribution in [2.45, 2.75) is 19.3 Å². The molecule has 0 saturated heterocycles. The van der Waals surface area contributed by atoms with Crippen LogP contribution in [0.2, 0.25) is 0 Å². The molecule has 3 aromatic rings. The number of aryl methyl sites for hydroxylation is 2. The zero-order chi connectivity index (χ0) is 23.4. The van der Waals surface area contributed by atoms with Crippen molar-refractivity contribution in [3.8, 4) is 11.5 Å². The normalized spacial score (nSPS) is 12.1. The number of hydrogen-bond acceptors (Lipinski definition) is 7. The van der Waals surface area contributed by atoms with Gasteiger partial charge in [-0.05, 0) is 48.6 Å². The lowest BCUT2D eigenvalue weighted by Crippen LogP contribution is -2.18. The summed E-state index contributed by atoms with van der Waals surface area (Å²) in [5.74, 6) is -1.02. The van der Waals surface area contributed by atoms with E-state index in [2.05, 4.69) is 5.32 Å². The molecule has 1 aliphatic carbocycles. The Morgan fingerprint density at radius 3 is 2.45 bits per heavy atom. The van der Waals surface area contributed by atoms with Gasteiger partial charge in [0.1, 0.15) is 0 Å². The minimum Gasteiger partial charge on any atom is -0.493 e. The Labute approximate surface area is 190 Å². The van der Waals surface area contributed by atoms with E-state index in [0.29, 0.717) is 11.3 Å². The van der Waals surface area contributed by atoms with Gasteiger partial charge in [0.25, 0.3) is 5.91 Å². The summed E-state index contributed by atoms with van der Waals surface area (Å²) in [7, 11) is 2.86. The van der Waals surface area contributed by atoms with Gasteiger partial charge in [-0.15, -0.1) is 0 Å². The maximum Gasteiger partial charge on any atom is 0.340 e. The van der Waals surface area contributed by atoms with E-state index in [1.165, 1.54) is 44.2 Å². The number of furan rings is 1. The van der Waals surface area contributed by atoms with Crippen LogP contribution in [-0.4, -0.2) is 38.5 Å². The third-order valence-corrected chi connectivity index (χ3v) is 5.49. The van der Waals surface area contributed by atoms with Crippen molar-refractivity contribution in [3.63, 3.8) is 0 Å². The average molecular weight is 449 g/mol. The fourth-order valence-electron chi connectivity index (χ4n) is 3.78. The molecule has 0 atom stereocenters. The molecule has 0 spiro atoms. The van der Waals surface area contributed by atoms with Crippen LogP contribution in [-0.2, 0) is 17.6 Å². The summed E-state index contributed by atoms with van der Waals surface area (Å²) in [5.41, 5.74) is 3.06. The predicted octanol–water partition coefficient (Wildman–Crippen LogP) is 4.08. The first-order valence-corrected chi connectivity index (χ1v) is 10.4. The summed E-state index contributed by atoms with van der Waals surface area (Å²) in [4.78, 5) is 38.0. The highest BCUT2D eigenvalue weighted by Gasteiger charge is 2.22. The lowest BCUT2D eigenvalue weighted by Gasteiger charge is -2.15.